The van der Waals surface area contributed by atoms with Gasteiger partial charge in [-0.1, -0.05) is 86.6 Å². The fourth-order valence-electron chi connectivity index (χ4n) is 4.69. The molecular formula is C31H32N4O6. The number of nitrogens with zero attached hydrogens (tertiary/aromatic N) is 1. The smallest absolute Gasteiger partial charge is 0.329 e. The third kappa shape index (κ3) is 6.96. The number of aromatic amines is 1. The van der Waals surface area contributed by atoms with Crippen LogP contribution in [0.3, 0.4) is 0 Å². The van der Waals surface area contributed by atoms with Gasteiger partial charge in [-0.15, -0.1) is 0 Å². The van der Waals surface area contributed by atoms with Crippen LogP contribution in [0.5, 0.6) is 0 Å². The number of fused-ring (bicyclic) bond motifs is 1. The summed E-state index contributed by atoms with van der Waals surface area (Å²) in [6.07, 6.45) is 0.0609. The van der Waals surface area contributed by atoms with Gasteiger partial charge in [0.2, 0.25) is 11.8 Å². The molecule has 1 heterocycles. The Morgan fingerprint density at radius 2 is 1.34 bits per heavy atom. The minimum absolute atomic E-state index is 0.00614. The standard InChI is InChI=1S/C31H32N4O6/c1-19(2)26(28(37)32-24(30(39)40)17-20-11-5-3-6-12-20)34-27(36)25(18-21-13-7-4-8-14-21)35-29(38)22-15-9-10-16-23(22)33-31(35)41/h3-16,19,24-26H,17-18H2,1-2H3,(H,32,37)(H,33,41)(H,34,36)(H,39,40)/t24-,25+,26+/m1/s1. The first-order valence-electron chi connectivity index (χ1n) is 13.3. The van der Waals surface area contributed by atoms with E-state index in [0.29, 0.717) is 11.1 Å². The predicted molar refractivity (Wildman–Crippen MR) is 154 cm³/mol. The number of carbonyl (C=O) groups excluding carboxylic acids is 2. The van der Waals surface area contributed by atoms with Crippen LogP contribution in [0, 0.1) is 5.92 Å². The molecule has 4 N–H and O–H groups in total. The van der Waals surface area contributed by atoms with Gasteiger partial charge in [0.25, 0.3) is 5.56 Å². The van der Waals surface area contributed by atoms with Crippen LogP contribution in [0.2, 0.25) is 0 Å². The highest BCUT2D eigenvalue weighted by Crippen LogP contribution is 2.15. The van der Waals surface area contributed by atoms with E-state index in [4.69, 9.17) is 0 Å². The number of benzene rings is 3. The first-order chi connectivity index (χ1) is 19.7. The van der Waals surface area contributed by atoms with Crippen molar-refractivity contribution in [3.63, 3.8) is 0 Å². The number of carbonyl (C=O) groups is 3. The molecule has 0 saturated carbocycles. The van der Waals surface area contributed by atoms with Gasteiger partial charge in [0.1, 0.15) is 18.1 Å². The number of carboxylic acids is 1. The Hall–Kier alpha value is -4.99. The van der Waals surface area contributed by atoms with Gasteiger partial charge in [-0.2, -0.15) is 0 Å². The summed E-state index contributed by atoms with van der Waals surface area (Å²) in [5, 5.41) is 15.2. The minimum atomic E-state index is -1.29. The van der Waals surface area contributed by atoms with Crippen molar-refractivity contribution in [1.29, 1.82) is 0 Å². The summed E-state index contributed by atoms with van der Waals surface area (Å²) in [6.45, 7) is 3.41. The highest BCUT2D eigenvalue weighted by atomic mass is 16.4. The second kappa shape index (κ2) is 12.9. The van der Waals surface area contributed by atoms with E-state index in [1.165, 1.54) is 0 Å². The summed E-state index contributed by atoms with van der Waals surface area (Å²) in [7, 11) is 0. The molecule has 212 valence electrons. The molecule has 10 nitrogen and oxygen atoms in total. The summed E-state index contributed by atoms with van der Waals surface area (Å²) in [4.78, 5) is 68.3. The van der Waals surface area contributed by atoms with Crippen molar-refractivity contribution in [2.24, 2.45) is 5.92 Å². The number of para-hydroxylation sites is 1. The minimum Gasteiger partial charge on any atom is -0.480 e. The molecule has 0 unspecified atom stereocenters. The van der Waals surface area contributed by atoms with E-state index in [-0.39, 0.29) is 18.2 Å². The quantitative estimate of drug-likeness (QED) is 0.223. The first kappa shape index (κ1) is 29.0. The van der Waals surface area contributed by atoms with Crippen molar-refractivity contribution in [2.45, 2.75) is 44.8 Å². The lowest BCUT2D eigenvalue weighted by Crippen LogP contribution is -2.56. The number of hydrogen-bond donors (Lipinski definition) is 4. The van der Waals surface area contributed by atoms with Gasteiger partial charge in [-0.05, 0) is 29.2 Å². The SMILES string of the molecule is CC(C)[C@H](NC(=O)[C@H](Cc1ccccc1)n1c(=O)[nH]c2ccccc2c1=O)C(=O)N[C@H](Cc1ccccc1)C(=O)O. The molecule has 0 aliphatic heterocycles. The maximum Gasteiger partial charge on any atom is 0.329 e. The highest BCUT2D eigenvalue weighted by molar-refractivity contribution is 5.92. The molecule has 0 radical (unpaired) electrons. The van der Waals surface area contributed by atoms with Crippen molar-refractivity contribution in [2.75, 3.05) is 0 Å². The monoisotopic (exact) mass is 556 g/mol. The molecule has 3 atom stereocenters. The van der Waals surface area contributed by atoms with Crippen LogP contribution in [0.15, 0.2) is 94.5 Å². The van der Waals surface area contributed by atoms with Crippen LogP contribution in [-0.2, 0) is 27.2 Å². The molecule has 4 rings (SSSR count). The van der Waals surface area contributed by atoms with Gasteiger partial charge in [0.15, 0.2) is 0 Å². The second-order valence-corrected chi connectivity index (χ2v) is 10.2. The molecule has 0 bridgehead atoms. The fraction of sp³-hybridized carbons (Fsp3) is 0.258. The molecule has 2 amide bonds. The molecule has 0 saturated heterocycles. The lowest BCUT2D eigenvalue weighted by atomic mass is 9.99. The second-order valence-electron chi connectivity index (χ2n) is 10.2. The molecule has 1 aromatic heterocycles. The Labute approximate surface area is 236 Å². The third-order valence-corrected chi connectivity index (χ3v) is 6.87. The van der Waals surface area contributed by atoms with Crippen molar-refractivity contribution >= 4 is 28.7 Å². The summed E-state index contributed by atoms with van der Waals surface area (Å²) in [6, 6.07) is 20.6. The molecule has 0 aliphatic carbocycles. The number of amides is 2. The van der Waals surface area contributed by atoms with Crippen molar-refractivity contribution in [1.82, 2.24) is 20.2 Å². The number of aliphatic carboxylic acids is 1. The molecule has 41 heavy (non-hydrogen) atoms. The van der Waals surface area contributed by atoms with E-state index >= 15 is 0 Å². The van der Waals surface area contributed by atoms with Crippen LogP contribution >= 0.6 is 0 Å². The van der Waals surface area contributed by atoms with Crippen LogP contribution in [0.25, 0.3) is 10.9 Å². The normalized spacial score (nSPS) is 13.3. The molecule has 0 spiro atoms. The molecule has 3 aromatic carbocycles. The van der Waals surface area contributed by atoms with Gasteiger partial charge in [0.05, 0.1) is 10.9 Å². The Morgan fingerprint density at radius 3 is 1.93 bits per heavy atom. The van der Waals surface area contributed by atoms with Crippen LogP contribution in [0.4, 0.5) is 0 Å². The Kier molecular flexibility index (Phi) is 9.13. The van der Waals surface area contributed by atoms with Crippen LogP contribution in [0.1, 0.15) is 31.0 Å². The third-order valence-electron chi connectivity index (χ3n) is 6.87. The summed E-state index contributed by atoms with van der Waals surface area (Å²) < 4.78 is 0.870. The molecule has 4 aromatic rings. The van der Waals surface area contributed by atoms with E-state index in [1.54, 1.807) is 98.8 Å². The zero-order valence-electron chi connectivity index (χ0n) is 22.7. The van der Waals surface area contributed by atoms with Gasteiger partial charge in [-0.25, -0.2) is 14.2 Å². The fourth-order valence-corrected chi connectivity index (χ4v) is 4.69. The lowest BCUT2D eigenvalue weighted by molar-refractivity contribution is -0.142. The average Bonchev–Trinajstić information content (AvgIpc) is 2.95. The number of rotatable bonds is 11. The lowest BCUT2D eigenvalue weighted by Gasteiger charge is -2.27. The van der Waals surface area contributed by atoms with Crippen molar-refractivity contribution in [3.05, 3.63) is 117 Å². The van der Waals surface area contributed by atoms with Crippen molar-refractivity contribution < 1.29 is 19.5 Å². The number of nitrogens with one attached hydrogen (secondary N) is 3. The average molecular weight is 557 g/mol. The van der Waals surface area contributed by atoms with Gasteiger partial charge in [-0.3, -0.25) is 14.4 Å². The largest absolute Gasteiger partial charge is 0.480 e. The predicted octanol–water partition coefficient (Wildman–Crippen LogP) is 2.43. The van der Waals surface area contributed by atoms with Gasteiger partial charge >= 0.3 is 11.7 Å². The molecule has 10 heteroatoms. The molecule has 0 fully saturated rings. The summed E-state index contributed by atoms with van der Waals surface area (Å²) in [5.41, 5.74) is 0.369. The summed E-state index contributed by atoms with van der Waals surface area (Å²) >= 11 is 0. The molecular weight excluding hydrogens is 524 g/mol. The van der Waals surface area contributed by atoms with E-state index < -0.39 is 53.1 Å². The van der Waals surface area contributed by atoms with E-state index in [2.05, 4.69) is 15.6 Å². The van der Waals surface area contributed by atoms with Crippen LogP contribution < -0.4 is 21.9 Å². The van der Waals surface area contributed by atoms with E-state index in [1.807, 2.05) is 0 Å². The zero-order valence-corrected chi connectivity index (χ0v) is 22.7. The first-order valence-corrected chi connectivity index (χ1v) is 13.3. The number of carboxylic acid groups (broad SMARTS) is 1. The highest BCUT2D eigenvalue weighted by Gasteiger charge is 2.33. The van der Waals surface area contributed by atoms with Gasteiger partial charge in [0, 0.05) is 12.8 Å². The number of aromatic nitrogens is 2. The maximum atomic E-state index is 13.8. The Bertz CT molecular complexity index is 1650. The van der Waals surface area contributed by atoms with E-state index in [9.17, 15) is 29.1 Å². The number of H-pyrrole nitrogens is 1. The Morgan fingerprint density at radius 1 is 0.780 bits per heavy atom. The number of hydrogen-bond acceptors (Lipinski definition) is 5. The summed E-state index contributed by atoms with van der Waals surface area (Å²) in [5.74, 6) is -3.06. The van der Waals surface area contributed by atoms with E-state index in [0.717, 1.165) is 10.1 Å². The van der Waals surface area contributed by atoms with Crippen LogP contribution in [-0.4, -0.2) is 44.5 Å². The zero-order chi connectivity index (χ0) is 29.5. The molecule has 0 aliphatic rings. The topological polar surface area (TPSA) is 150 Å². The van der Waals surface area contributed by atoms with Gasteiger partial charge < -0.3 is 20.7 Å². The maximum absolute atomic E-state index is 13.8. The Balaban J connectivity index is 1.65. The van der Waals surface area contributed by atoms with Crippen molar-refractivity contribution in [3.8, 4) is 0 Å².